The maximum atomic E-state index is 12.0. The number of hydrogen-bond donors (Lipinski definition) is 3. The van der Waals surface area contributed by atoms with E-state index in [4.69, 9.17) is 27.6 Å². The number of benzene rings is 1. The van der Waals surface area contributed by atoms with Crippen molar-refractivity contribution in [3.63, 3.8) is 0 Å². The molecule has 0 fully saturated rings. The van der Waals surface area contributed by atoms with Crippen molar-refractivity contribution in [2.75, 3.05) is 19.7 Å². The van der Waals surface area contributed by atoms with Crippen LogP contribution in [0.15, 0.2) is 34.5 Å². The number of hydrogen-bond acceptors (Lipinski definition) is 5. The van der Waals surface area contributed by atoms with Gasteiger partial charge in [-0.2, -0.15) is 5.10 Å². The van der Waals surface area contributed by atoms with Gasteiger partial charge in [-0.25, -0.2) is 5.01 Å². The Morgan fingerprint density at radius 2 is 2.17 bits per heavy atom. The highest BCUT2D eigenvalue weighted by atomic mass is 35.5. The molecule has 1 amide bonds. The van der Waals surface area contributed by atoms with Crippen molar-refractivity contribution in [3.05, 3.63) is 34.9 Å². The Morgan fingerprint density at radius 3 is 2.70 bits per heavy atom. The predicted octanol–water partition coefficient (Wildman–Crippen LogP) is 0.273. The monoisotopic (exact) mass is 339 g/mol. The number of likely N-dealkylation sites (N-methyl/N-ethyl adjacent to an activating group) is 1. The largest absolute Gasteiger partial charge is 0.408 e. The molecular weight excluding hydrogens is 322 g/mol. The second kappa shape index (κ2) is 7.30. The van der Waals surface area contributed by atoms with Gasteiger partial charge in [0.25, 0.3) is 5.96 Å². The molecule has 1 aliphatic heterocycles. The third-order valence-corrected chi connectivity index (χ3v) is 3.82. The van der Waals surface area contributed by atoms with Gasteiger partial charge >= 0.3 is 0 Å². The minimum Gasteiger partial charge on any atom is -0.408 e. The lowest BCUT2D eigenvalue weighted by Crippen LogP contribution is -2.48. The zero-order valence-corrected chi connectivity index (χ0v) is 13.3. The zero-order valence-electron chi connectivity index (χ0n) is 12.6. The van der Waals surface area contributed by atoms with Crippen LogP contribution in [0.1, 0.15) is 12.5 Å². The molecular formula is C14H18ClN5O3. The smallest absolute Gasteiger partial charge is 0.253 e. The summed E-state index contributed by atoms with van der Waals surface area (Å²) in [7, 11) is 0. The number of rotatable bonds is 4. The quantitative estimate of drug-likeness (QED) is 0.315. The maximum Gasteiger partial charge on any atom is 0.253 e. The summed E-state index contributed by atoms with van der Waals surface area (Å²) < 4.78 is 0. The van der Waals surface area contributed by atoms with E-state index in [0.29, 0.717) is 17.3 Å². The van der Waals surface area contributed by atoms with Gasteiger partial charge in [-0.05, 0) is 24.2 Å². The number of amides is 1. The topological polar surface area (TPSA) is 115 Å². The van der Waals surface area contributed by atoms with E-state index in [2.05, 4.69) is 10.3 Å². The van der Waals surface area contributed by atoms with Gasteiger partial charge in [0.2, 0.25) is 5.91 Å². The van der Waals surface area contributed by atoms with Crippen LogP contribution < -0.4 is 5.73 Å². The molecule has 1 heterocycles. The standard InChI is InChI=1S/C14H18ClN5O3/c1-2-19(12(22)8-21)11-7-20(14(16)18-23)17-13(11)9-3-5-10(15)6-4-9/h3-6,11,21,23H,2,7-8H2,1H3,(H2,16,18). The first-order chi connectivity index (χ1) is 11.0. The normalized spacial score (nSPS) is 18.0. The third-order valence-electron chi connectivity index (χ3n) is 3.57. The molecule has 0 aliphatic carbocycles. The molecule has 1 unspecified atom stereocenters. The molecule has 1 aliphatic rings. The lowest BCUT2D eigenvalue weighted by atomic mass is 10.0. The Balaban J connectivity index is 2.41. The van der Waals surface area contributed by atoms with Crippen LogP contribution >= 0.6 is 11.6 Å². The van der Waals surface area contributed by atoms with Gasteiger partial charge < -0.3 is 20.9 Å². The van der Waals surface area contributed by atoms with E-state index < -0.39 is 18.6 Å². The highest BCUT2D eigenvalue weighted by Gasteiger charge is 2.35. The molecule has 0 spiro atoms. The first kappa shape index (κ1) is 17.0. The summed E-state index contributed by atoms with van der Waals surface area (Å²) in [5.74, 6) is -0.591. The summed E-state index contributed by atoms with van der Waals surface area (Å²) in [6, 6.07) is 6.56. The molecule has 124 valence electrons. The first-order valence-corrected chi connectivity index (χ1v) is 7.39. The molecule has 1 aromatic carbocycles. The second-order valence-electron chi connectivity index (χ2n) is 4.89. The minimum absolute atomic E-state index is 0.175. The van der Waals surface area contributed by atoms with Gasteiger partial charge in [0.05, 0.1) is 18.3 Å². The van der Waals surface area contributed by atoms with Crippen molar-refractivity contribution in [3.8, 4) is 0 Å². The van der Waals surface area contributed by atoms with Crippen molar-refractivity contribution < 1.29 is 15.1 Å². The molecule has 23 heavy (non-hydrogen) atoms. The number of halogens is 1. The first-order valence-electron chi connectivity index (χ1n) is 7.01. The maximum absolute atomic E-state index is 12.0. The molecule has 0 radical (unpaired) electrons. The fraction of sp³-hybridized carbons (Fsp3) is 0.357. The SMILES string of the molecule is CCN(C(=O)CO)C1CN(/C(N)=N/O)N=C1c1ccc(Cl)cc1. The van der Waals surface area contributed by atoms with Crippen LogP contribution in [-0.2, 0) is 4.79 Å². The van der Waals surface area contributed by atoms with Crippen molar-refractivity contribution in [1.82, 2.24) is 9.91 Å². The van der Waals surface area contributed by atoms with Crippen LogP contribution in [0.3, 0.4) is 0 Å². The highest BCUT2D eigenvalue weighted by molar-refractivity contribution is 6.30. The second-order valence-corrected chi connectivity index (χ2v) is 5.32. The molecule has 9 heteroatoms. The van der Waals surface area contributed by atoms with Crippen molar-refractivity contribution in [1.29, 1.82) is 0 Å². The van der Waals surface area contributed by atoms with E-state index in [1.165, 1.54) is 9.91 Å². The summed E-state index contributed by atoms with van der Waals surface area (Å²) in [6.07, 6.45) is 0. The van der Waals surface area contributed by atoms with Crippen LogP contribution in [0.25, 0.3) is 0 Å². The Morgan fingerprint density at radius 1 is 1.52 bits per heavy atom. The number of nitrogens with zero attached hydrogens (tertiary/aromatic N) is 4. The molecule has 4 N–H and O–H groups in total. The number of carbonyl (C=O) groups is 1. The fourth-order valence-corrected chi connectivity index (χ4v) is 2.59. The number of aliphatic hydroxyl groups is 1. The van der Waals surface area contributed by atoms with Gasteiger partial charge in [-0.3, -0.25) is 4.79 Å². The van der Waals surface area contributed by atoms with Crippen molar-refractivity contribution >= 4 is 29.2 Å². The Kier molecular flexibility index (Phi) is 5.41. The number of hydrazone groups is 1. The lowest BCUT2D eigenvalue weighted by molar-refractivity contribution is -0.135. The van der Waals surface area contributed by atoms with Crippen LogP contribution in [0.2, 0.25) is 5.02 Å². The molecule has 0 saturated carbocycles. The Hall–Kier alpha value is -2.32. The highest BCUT2D eigenvalue weighted by Crippen LogP contribution is 2.20. The van der Waals surface area contributed by atoms with Gasteiger partial charge in [-0.1, -0.05) is 23.7 Å². The number of oxime groups is 1. The summed E-state index contributed by atoms with van der Waals surface area (Å²) in [5, 5.41) is 27.2. The van der Waals surface area contributed by atoms with E-state index in [0.717, 1.165) is 5.56 Å². The van der Waals surface area contributed by atoms with Crippen molar-refractivity contribution in [2.45, 2.75) is 13.0 Å². The molecule has 0 bridgehead atoms. The van der Waals surface area contributed by atoms with Crippen LogP contribution in [-0.4, -0.2) is 63.5 Å². The average Bonchev–Trinajstić information content (AvgIpc) is 3.00. The molecule has 8 nitrogen and oxygen atoms in total. The van der Waals surface area contributed by atoms with Gasteiger partial charge in [0, 0.05) is 17.1 Å². The Labute approximate surface area is 138 Å². The third kappa shape index (κ3) is 3.54. The Bertz CT molecular complexity index is 632. The average molecular weight is 340 g/mol. The minimum atomic E-state index is -0.595. The van der Waals surface area contributed by atoms with Crippen LogP contribution in [0.5, 0.6) is 0 Å². The molecule has 0 aromatic heterocycles. The number of nitrogens with two attached hydrogens (primary N) is 1. The number of guanidine groups is 1. The lowest BCUT2D eigenvalue weighted by Gasteiger charge is -2.28. The number of carbonyl (C=O) groups excluding carboxylic acids is 1. The van der Waals surface area contributed by atoms with Crippen LogP contribution in [0, 0.1) is 0 Å². The van der Waals surface area contributed by atoms with Gasteiger partial charge in [0.1, 0.15) is 6.61 Å². The van der Waals surface area contributed by atoms with E-state index in [9.17, 15) is 4.79 Å². The van der Waals surface area contributed by atoms with Crippen molar-refractivity contribution in [2.24, 2.45) is 16.0 Å². The summed E-state index contributed by atoms with van der Waals surface area (Å²) in [5.41, 5.74) is 6.94. The van der Waals surface area contributed by atoms with Gasteiger partial charge in [-0.15, -0.1) is 0 Å². The van der Waals surface area contributed by atoms with E-state index in [-0.39, 0.29) is 12.5 Å². The van der Waals surface area contributed by atoms with Crippen LogP contribution in [0.4, 0.5) is 0 Å². The fourth-order valence-electron chi connectivity index (χ4n) is 2.46. The molecule has 1 aromatic rings. The zero-order chi connectivity index (χ0) is 17.0. The summed E-state index contributed by atoms with van der Waals surface area (Å²) in [4.78, 5) is 13.5. The van der Waals surface area contributed by atoms with E-state index in [1.807, 2.05) is 0 Å². The van der Waals surface area contributed by atoms with Gasteiger partial charge in [0.15, 0.2) is 0 Å². The molecule has 2 rings (SSSR count). The summed E-state index contributed by atoms with van der Waals surface area (Å²) >= 11 is 5.90. The predicted molar refractivity (Wildman–Crippen MR) is 86.4 cm³/mol. The summed E-state index contributed by atoms with van der Waals surface area (Å²) in [6.45, 7) is 1.83. The molecule has 0 saturated heterocycles. The number of aliphatic hydroxyl groups excluding tert-OH is 1. The molecule has 1 atom stereocenters. The van der Waals surface area contributed by atoms with E-state index >= 15 is 0 Å². The van der Waals surface area contributed by atoms with E-state index in [1.54, 1.807) is 31.2 Å².